The van der Waals surface area contributed by atoms with E-state index in [1.165, 1.54) is 0 Å². The van der Waals surface area contributed by atoms with Crippen molar-refractivity contribution in [2.24, 2.45) is 0 Å². The normalized spacial score (nSPS) is 33.9. The maximum atomic E-state index is 6.08. The Hall–Kier alpha value is -1.20. The van der Waals surface area contributed by atoms with Gasteiger partial charge in [0, 0.05) is 0 Å². The predicted molar refractivity (Wildman–Crippen MR) is 78.5 cm³/mol. The zero-order chi connectivity index (χ0) is 15.0. The highest BCUT2D eigenvalue weighted by Gasteiger charge is 2.55. The molecule has 2 heterocycles. The molecule has 4 unspecified atom stereocenters. The van der Waals surface area contributed by atoms with Crippen molar-refractivity contribution in [2.75, 3.05) is 0 Å². The molecule has 4 heteroatoms. The monoisotopic (exact) mass is 290 g/mol. The van der Waals surface area contributed by atoms with Crippen LogP contribution in [0.15, 0.2) is 42.5 Å². The van der Waals surface area contributed by atoms with Crippen molar-refractivity contribution in [1.82, 2.24) is 0 Å². The second-order valence-corrected chi connectivity index (χ2v) is 6.13. The fourth-order valence-electron chi connectivity index (χ4n) is 2.82. The van der Waals surface area contributed by atoms with Gasteiger partial charge < -0.3 is 18.9 Å². The lowest BCUT2D eigenvalue weighted by Gasteiger charge is -2.26. The van der Waals surface area contributed by atoms with Crippen LogP contribution in [0.1, 0.15) is 26.3 Å². The molecule has 0 N–H and O–H groups in total. The minimum Gasteiger partial charge on any atom is -0.368 e. The van der Waals surface area contributed by atoms with Gasteiger partial charge in [-0.1, -0.05) is 36.9 Å². The summed E-state index contributed by atoms with van der Waals surface area (Å²) in [6.45, 7) is 10.2. The Labute approximate surface area is 125 Å². The second-order valence-electron chi connectivity index (χ2n) is 6.13. The van der Waals surface area contributed by atoms with Gasteiger partial charge in [-0.15, -0.1) is 0 Å². The SMILES string of the molecule is C=C(C)C1OC2OC(C)(C)OC2C1OCc1ccccc1. The molecule has 0 radical (unpaired) electrons. The van der Waals surface area contributed by atoms with E-state index in [1.54, 1.807) is 0 Å². The average molecular weight is 290 g/mol. The van der Waals surface area contributed by atoms with Crippen LogP contribution >= 0.6 is 0 Å². The van der Waals surface area contributed by atoms with Gasteiger partial charge in [0.2, 0.25) is 0 Å². The van der Waals surface area contributed by atoms with Gasteiger partial charge >= 0.3 is 0 Å². The Morgan fingerprint density at radius 1 is 1.24 bits per heavy atom. The molecule has 2 saturated heterocycles. The van der Waals surface area contributed by atoms with Crippen molar-refractivity contribution in [3.63, 3.8) is 0 Å². The van der Waals surface area contributed by atoms with E-state index >= 15 is 0 Å². The fourth-order valence-corrected chi connectivity index (χ4v) is 2.82. The molecule has 2 aliphatic rings. The zero-order valence-corrected chi connectivity index (χ0v) is 12.7. The fraction of sp³-hybridized carbons (Fsp3) is 0.529. The van der Waals surface area contributed by atoms with Gasteiger partial charge in [0.05, 0.1) is 6.61 Å². The number of hydrogen-bond acceptors (Lipinski definition) is 4. The number of fused-ring (bicyclic) bond motifs is 1. The molecule has 21 heavy (non-hydrogen) atoms. The third kappa shape index (κ3) is 3.04. The van der Waals surface area contributed by atoms with Crippen LogP contribution in [0.3, 0.4) is 0 Å². The highest BCUT2D eigenvalue weighted by atomic mass is 16.8. The summed E-state index contributed by atoms with van der Waals surface area (Å²) in [5, 5.41) is 0. The predicted octanol–water partition coefficient (Wildman–Crippen LogP) is 3.02. The number of hydrogen-bond donors (Lipinski definition) is 0. The van der Waals surface area contributed by atoms with Gasteiger partial charge in [-0.3, -0.25) is 0 Å². The van der Waals surface area contributed by atoms with E-state index in [4.69, 9.17) is 18.9 Å². The summed E-state index contributed by atoms with van der Waals surface area (Å²) >= 11 is 0. The molecule has 0 saturated carbocycles. The topological polar surface area (TPSA) is 36.9 Å². The molecule has 3 rings (SSSR count). The number of benzene rings is 1. The van der Waals surface area contributed by atoms with E-state index in [0.29, 0.717) is 6.61 Å². The van der Waals surface area contributed by atoms with Crippen molar-refractivity contribution in [1.29, 1.82) is 0 Å². The van der Waals surface area contributed by atoms with Gasteiger partial charge in [0.1, 0.15) is 18.3 Å². The van der Waals surface area contributed by atoms with Crippen molar-refractivity contribution >= 4 is 0 Å². The highest BCUT2D eigenvalue weighted by molar-refractivity contribution is 5.14. The van der Waals surface area contributed by atoms with Gasteiger partial charge in [0.15, 0.2) is 12.1 Å². The maximum absolute atomic E-state index is 6.08. The van der Waals surface area contributed by atoms with Crippen LogP contribution in [0, 0.1) is 0 Å². The van der Waals surface area contributed by atoms with E-state index in [1.807, 2.05) is 51.1 Å². The largest absolute Gasteiger partial charge is 0.368 e. The first-order valence-corrected chi connectivity index (χ1v) is 7.28. The molecule has 0 aliphatic carbocycles. The first-order chi connectivity index (χ1) is 9.96. The Bertz CT molecular complexity index is 511. The lowest BCUT2D eigenvalue weighted by Crippen LogP contribution is -2.37. The molecule has 0 bridgehead atoms. The van der Waals surface area contributed by atoms with Gasteiger partial charge in [-0.25, -0.2) is 0 Å². The molecule has 0 spiro atoms. The molecule has 2 fully saturated rings. The molecule has 1 aromatic carbocycles. The molecule has 114 valence electrons. The minimum atomic E-state index is -0.635. The Kier molecular flexibility index (Phi) is 3.88. The van der Waals surface area contributed by atoms with Crippen molar-refractivity contribution in [3.8, 4) is 0 Å². The number of rotatable bonds is 4. The van der Waals surface area contributed by atoms with E-state index < -0.39 is 5.79 Å². The molecule has 4 atom stereocenters. The smallest absolute Gasteiger partial charge is 0.190 e. The molecule has 4 nitrogen and oxygen atoms in total. The minimum absolute atomic E-state index is 0.195. The summed E-state index contributed by atoms with van der Waals surface area (Å²) in [7, 11) is 0. The van der Waals surface area contributed by atoms with Crippen LogP contribution in [0.25, 0.3) is 0 Å². The third-order valence-electron chi connectivity index (χ3n) is 3.76. The molecular formula is C17H22O4. The van der Waals surface area contributed by atoms with Crippen LogP contribution in [0.2, 0.25) is 0 Å². The van der Waals surface area contributed by atoms with Crippen molar-refractivity contribution < 1.29 is 18.9 Å². The standard InChI is InChI=1S/C17H22O4/c1-11(2)13-14(18-10-12-8-6-5-7-9-12)15-16(19-13)21-17(3,4)20-15/h5-9,13-16H,1,10H2,2-4H3. The first-order valence-electron chi connectivity index (χ1n) is 7.28. The van der Waals surface area contributed by atoms with E-state index in [2.05, 4.69) is 6.58 Å². The van der Waals surface area contributed by atoms with E-state index in [9.17, 15) is 0 Å². The molecule has 2 aliphatic heterocycles. The van der Waals surface area contributed by atoms with Gasteiger partial charge in [0.25, 0.3) is 0 Å². The molecule has 0 aromatic heterocycles. The van der Waals surface area contributed by atoms with E-state index in [0.717, 1.165) is 11.1 Å². The van der Waals surface area contributed by atoms with E-state index in [-0.39, 0.29) is 24.6 Å². The highest BCUT2D eigenvalue weighted by Crippen LogP contribution is 2.40. The maximum Gasteiger partial charge on any atom is 0.190 e. The Morgan fingerprint density at radius 2 is 1.95 bits per heavy atom. The van der Waals surface area contributed by atoms with Gasteiger partial charge in [-0.05, 0) is 31.9 Å². The first kappa shape index (κ1) is 14.7. The average Bonchev–Trinajstić information content (AvgIpc) is 2.90. The Balaban J connectivity index is 1.72. The van der Waals surface area contributed by atoms with Crippen molar-refractivity contribution in [2.45, 2.75) is 57.8 Å². The third-order valence-corrected chi connectivity index (χ3v) is 3.76. The summed E-state index contributed by atoms with van der Waals surface area (Å²) in [5.74, 6) is -0.635. The Morgan fingerprint density at radius 3 is 2.62 bits per heavy atom. The van der Waals surface area contributed by atoms with Crippen LogP contribution in [-0.4, -0.2) is 30.4 Å². The van der Waals surface area contributed by atoms with Crippen LogP contribution in [0.4, 0.5) is 0 Å². The zero-order valence-electron chi connectivity index (χ0n) is 12.7. The van der Waals surface area contributed by atoms with Crippen LogP contribution < -0.4 is 0 Å². The summed E-state index contributed by atoms with van der Waals surface area (Å²) < 4.78 is 23.7. The number of ether oxygens (including phenoxy) is 4. The van der Waals surface area contributed by atoms with Crippen LogP contribution in [-0.2, 0) is 25.6 Å². The lowest BCUT2D eigenvalue weighted by atomic mass is 10.1. The summed E-state index contributed by atoms with van der Waals surface area (Å²) in [6.07, 6.45) is -0.998. The lowest BCUT2D eigenvalue weighted by molar-refractivity contribution is -0.214. The second kappa shape index (κ2) is 5.54. The summed E-state index contributed by atoms with van der Waals surface area (Å²) in [4.78, 5) is 0. The molecular weight excluding hydrogens is 268 g/mol. The molecule has 1 aromatic rings. The quantitative estimate of drug-likeness (QED) is 0.799. The summed E-state index contributed by atoms with van der Waals surface area (Å²) in [6, 6.07) is 10.1. The molecule has 0 amide bonds. The summed E-state index contributed by atoms with van der Waals surface area (Å²) in [5.41, 5.74) is 2.05. The van der Waals surface area contributed by atoms with Crippen molar-refractivity contribution in [3.05, 3.63) is 48.0 Å². The van der Waals surface area contributed by atoms with Gasteiger partial charge in [-0.2, -0.15) is 0 Å². The van der Waals surface area contributed by atoms with Crippen LogP contribution in [0.5, 0.6) is 0 Å².